The second-order valence-corrected chi connectivity index (χ2v) is 3.41. The van der Waals surface area contributed by atoms with Gasteiger partial charge in [0.1, 0.15) is 0 Å². The number of rotatable bonds is 1. The third-order valence-electron chi connectivity index (χ3n) is 0.970. The lowest BCUT2D eigenvalue weighted by Gasteiger charge is -2.15. The van der Waals surface area contributed by atoms with Gasteiger partial charge in [0.25, 0.3) is 0 Å². The number of hydrogen-bond acceptors (Lipinski definition) is 1. The molecule has 0 unspecified atom stereocenters. The van der Waals surface area contributed by atoms with E-state index in [-0.39, 0.29) is 12.7 Å². The molecule has 0 aromatic carbocycles. The third-order valence-corrected chi connectivity index (χ3v) is 0.970. The van der Waals surface area contributed by atoms with Crippen LogP contribution in [0.25, 0.3) is 0 Å². The number of carbonyl (C=O) groups is 1. The molecule has 0 aliphatic heterocycles. The summed E-state index contributed by atoms with van der Waals surface area (Å²) in [6.45, 7) is 6.13. The van der Waals surface area contributed by atoms with E-state index in [0.29, 0.717) is 6.42 Å². The maximum Gasteiger partial charge on any atom is 0.220 e. The van der Waals surface area contributed by atoms with Gasteiger partial charge in [-0.1, -0.05) is 20.8 Å². The maximum absolute atomic E-state index is 10.7. The minimum atomic E-state index is 0. The zero-order valence-corrected chi connectivity index (χ0v) is 6.62. The number of nitrogens with one attached hydrogen (secondary N) is 1. The van der Waals surface area contributed by atoms with Gasteiger partial charge in [0.05, 0.1) is 0 Å². The van der Waals surface area contributed by atoms with Gasteiger partial charge in [-0.2, -0.15) is 0 Å². The lowest BCUT2D eigenvalue weighted by molar-refractivity contribution is -0.122. The van der Waals surface area contributed by atoms with Crippen molar-refractivity contribution in [1.29, 1.82) is 0 Å². The molecule has 0 saturated carbocycles. The van der Waals surface area contributed by atoms with Crippen molar-refractivity contribution < 1.29 is 6.22 Å². The van der Waals surface area contributed by atoms with Crippen LogP contribution < -0.4 is 5.32 Å². The summed E-state index contributed by atoms with van der Waals surface area (Å²) in [5, 5.41) is 2.58. The van der Waals surface area contributed by atoms with Crippen LogP contribution in [0.15, 0.2) is 0 Å². The molecule has 0 rings (SSSR count). The number of amides is 1. The van der Waals surface area contributed by atoms with Crippen LogP contribution >= 0.6 is 0 Å². The van der Waals surface area contributed by atoms with E-state index >= 15 is 0 Å². The molecule has 0 saturated heterocycles. The Labute approximate surface area is 58.1 Å². The number of carbonyl (C=O) groups excluding carboxylic acids is 1. The predicted molar refractivity (Wildman–Crippen MR) is 40.3 cm³/mol. The second kappa shape index (κ2) is 2.85. The van der Waals surface area contributed by atoms with Crippen LogP contribution in [0.1, 0.15) is 28.6 Å². The van der Waals surface area contributed by atoms with Crippen molar-refractivity contribution in [2.75, 3.05) is 7.05 Å². The Morgan fingerprint density at radius 1 is 1.56 bits per heavy atom. The van der Waals surface area contributed by atoms with E-state index in [9.17, 15) is 4.79 Å². The van der Waals surface area contributed by atoms with Crippen molar-refractivity contribution >= 4 is 5.91 Å². The Hall–Kier alpha value is -0.530. The molecule has 1 amide bonds. The van der Waals surface area contributed by atoms with Gasteiger partial charge < -0.3 is 5.32 Å². The highest BCUT2D eigenvalue weighted by Gasteiger charge is 2.13. The van der Waals surface area contributed by atoms with E-state index in [1.165, 1.54) is 0 Å². The van der Waals surface area contributed by atoms with E-state index in [2.05, 4.69) is 5.32 Å². The fraction of sp³-hybridized carbons (Fsp3) is 0.857. The highest BCUT2D eigenvalue weighted by atomic mass is 16.1. The van der Waals surface area contributed by atoms with Crippen molar-refractivity contribution in [1.82, 2.24) is 5.32 Å². The first-order valence-electron chi connectivity index (χ1n) is 3.16. The lowest BCUT2D eigenvalue weighted by Crippen LogP contribution is -2.23. The Kier molecular flexibility index (Phi) is 2.68. The SMILES string of the molecule is CNC(=O)CC(C)(C)C.[HH]. The summed E-state index contributed by atoms with van der Waals surface area (Å²) < 4.78 is 0. The van der Waals surface area contributed by atoms with Crippen LogP contribution in [-0.2, 0) is 4.79 Å². The number of hydrogen-bond donors (Lipinski definition) is 1. The molecule has 0 aromatic heterocycles. The molecule has 0 radical (unpaired) electrons. The summed E-state index contributed by atoms with van der Waals surface area (Å²) >= 11 is 0. The third kappa shape index (κ3) is 5.34. The van der Waals surface area contributed by atoms with Crippen molar-refractivity contribution in [2.45, 2.75) is 27.2 Å². The standard InChI is InChI=1S/C7H15NO.H2/c1-7(2,3)5-6(9)8-4;/h5H2,1-4H3,(H,8,9);1H. The summed E-state index contributed by atoms with van der Waals surface area (Å²) in [7, 11) is 1.66. The molecular formula is C7H17NO. The molecule has 0 aromatic rings. The molecular weight excluding hydrogens is 114 g/mol. The van der Waals surface area contributed by atoms with Crippen LogP contribution in [0, 0.1) is 5.41 Å². The molecule has 0 aliphatic carbocycles. The normalized spacial score (nSPS) is 11.1. The summed E-state index contributed by atoms with van der Waals surface area (Å²) in [4.78, 5) is 10.7. The van der Waals surface area contributed by atoms with Gasteiger partial charge in [-0.3, -0.25) is 4.79 Å². The Bertz CT molecular complexity index is 107. The summed E-state index contributed by atoms with van der Waals surface area (Å²) in [5.41, 5.74) is 0.111. The Balaban J connectivity index is 0. The summed E-state index contributed by atoms with van der Waals surface area (Å²) in [6, 6.07) is 0. The van der Waals surface area contributed by atoms with E-state index in [1.807, 2.05) is 20.8 Å². The molecule has 2 heteroatoms. The molecule has 0 heterocycles. The first-order chi connectivity index (χ1) is 3.95. The second-order valence-electron chi connectivity index (χ2n) is 3.41. The molecule has 0 aliphatic rings. The van der Waals surface area contributed by atoms with Crippen LogP contribution in [-0.4, -0.2) is 13.0 Å². The molecule has 0 spiro atoms. The van der Waals surface area contributed by atoms with Gasteiger partial charge in [-0.25, -0.2) is 0 Å². The minimum Gasteiger partial charge on any atom is -0.359 e. The lowest BCUT2D eigenvalue weighted by atomic mass is 9.92. The summed E-state index contributed by atoms with van der Waals surface area (Å²) in [6.07, 6.45) is 0.601. The first kappa shape index (κ1) is 8.47. The average Bonchev–Trinajstić information content (AvgIpc) is 1.62. The zero-order valence-electron chi connectivity index (χ0n) is 6.62. The minimum absolute atomic E-state index is 0. The van der Waals surface area contributed by atoms with Crippen LogP contribution in [0.5, 0.6) is 0 Å². The predicted octanol–water partition coefficient (Wildman–Crippen LogP) is 1.41. The van der Waals surface area contributed by atoms with E-state index in [1.54, 1.807) is 7.05 Å². The topological polar surface area (TPSA) is 29.1 Å². The van der Waals surface area contributed by atoms with Gasteiger partial charge in [0.15, 0.2) is 0 Å². The van der Waals surface area contributed by atoms with Gasteiger partial charge in [-0.05, 0) is 5.41 Å². The zero-order chi connectivity index (χ0) is 7.49. The molecule has 0 atom stereocenters. The highest BCUT2D eigenvalue weighted by Crippen LogP contribution is 2.17. The monoisotopic (exact) mass is 131 g/mol. The van der Waals surface area contributed by atoms with Crippen molar-refractivity contribution in [3.8, 4) is 0 Å². The fourth-order valence-corrected chi connectivity index (χ4v) is 0.570. The van der Waals surface area contributed by atoms with Crippen molar-refractivity contribution in [2.24, 2.45) is 5.41 Å². The van der Waals surface area contributed by atoms with Gasteiger partial charge in [-0.15, -0.1) is 0 Å². The largest absolute Gasteiger partial charge is 0.359 e. The Morgan fingerprint density at radius 2 is 2.00 bits per heavy atom. The van der Waals surface area contributed by atoms with E-state index < -0.39 is 0 Å². The molecule has 2 nitrogen and oxygen atoms in total. The fourth-order valence-electron chi connectivity index (χ4n) is 0.570. The average molecular weight is 131 g/mol. The van der Waals surface area contributed by atoms with E-state index in [4.69, 9.17) is 0 Å². The van der Waals surface area contributed by atoms with Gasteiger partial charge in [0.2, 0.25) is 5.91 Å². The maximum atomic E-state index is 10.7. The van der Waals surface area contributed by atoms with Gasteiger partial charge >= 0.3 is 0 Å². The van der Waals surface area contributed by atoms with Crippen molar-refractivity contribution in [3.05, 3.63) is 0 Å². The van der Waals surface area contributed by atoms with E-state index in [0.717, 1.165) is 0 Å². The Morgan fingerprint density at radius 3 is 2.11 bits per heavy atom. The van der Waals surface area contributed by atoms with Gasteiger partial charge in [0, 0.05) is 14.9 Å². The quantitative estimate of drug-likeness (QED) is 0.573. The molecule has 0 fully saturated rings. The smallest absolute Gasteiger partial charge is 0.220 e. The summed E-state index contributed by atoms with van der Waals surface area (Å²) in [5.74, 6) is 0.113. The van der Waals surface area contributed by atoms with Crippen LogP contribution in [0.3, 0.4) is 0 Å². The molecule has 0 bridgehead atoms. The molecule has 9 heavy (non-hydrogen) atoms. The van der Waals surface area contributed by atoms with Crippen LogP contribution in [0.2, 0.25) is 0 Å². The first-order valence-corrected chi connectivity index (χ1v) is 3.16. The van der Waals surface area contributed by atoms with Crippen LogP contribution in [0.4, 0.5) is 0 Å². The molecule has 56 valence electrons. The molecule has 1 N–H and O–H groups in total. The highest BCUT2D eigenvalue weighted by molar-refractivity contribution is 5.76. The van der Waals surface area contributed by atoms with Crippen molar-refractivity contribution in [3.63, 3.8) is 0 Å².